The highest BCUT2D eigenvalue weighted by molar-refractivity contribution is 5.97. The lowest BCUT2D eigenvalue weighted by molar-refractivity contribution is 0.0122. The van der Waals surface area contributed by atoms with E-state index in [-0.39, 0.29) is 18.2 Å². The lowest BCUT2D eigenvalue weighted by Crippen LogP contribution is -2.57. The predicted molar refractivity (Wildman–Crippen MR) is 201 cm³/mol. The van der Waals surface area contributed by atoms with Crippen LogP contribution in [0.3, 0.4) is 0 Å². The zero-order valence-corrected chi connectivity index (χ0v) is 31.4. The molecule has 49 heavy (non-hydrogen) atoms. The largest absolute Gasteiger partial charge is 0.467 e. The number of hydrogen-bond donors (Lipinski definition) is 0. The van der Waals surface area contributed by atoms with E-state index in [1.54, 1.807) is 7.11 Å². The SMILES string of the molecule is CC.CCCCc1cccc2cccc(N3CCc4c(nc(OC)nc4N4CC5CCC(C4)N5C(=O)OC(C)(C)C)C3)c12.CN1CCCC1. The molecule has 4 aliphatic heterocycles. The highest BCUT2D eigenvalue weighted by Crippen LogP contribution is 2.39. The molecule has 9 heteroatoms. The van der Waals surface area contributed by atoms with E-state index in [1.807, 2.05) is 39.5 Å². The standard InChI is InChI=1S/C33H43N5O3.C5H11N.C2H6/c1-6-7-10-22-11-8-12-23-13-9-14-28(29(22)23)36-18-17-26-27(21-36)34-31(40-5)35-30(26)37-19-24-15-16-25(20-37)38(24)32(39)41-33(2,3)4;1-6-4-2-3-5-6;1-2/h8-9,11-14,24-25H,6-7,10,15-21H2,1-5H3;2-5H2,1H3;1-2H3. The molecule has 3 fully saturated rings. The summed E-state index contributed by atoms with van der Waals surface area (Å²) in [6.07, 6.45) is 8.93. The Morgan fingerprint density at radius 2 is 1.61 bits per heavy atom. The van der Waals surface area contributed by atoms with Crippen molar-refractivity contribution in [2.45, 2.75) is 117 Å². The van der Waals surface area contributed by atoms with Gasteiger partial charge in [0.1, 0.15) is 11.4 Å². The second kappa shape index (κ2) is 16.4. The highest BCUT2D eigenvalue weighted by Gasteiger charge is 2.45. The van der Waals surface area contributed by atoms with Crippen LogP contribution >= 0.6 is 0 Å². The average molecular weight is 673 g/mol. The van der Waals surface area contributed by atoms with Crippen LogP contribution in [0.1, 0.15) is 96.9 Å². The molecule has 1 aromatic heterocycles. The maximum Gasteiger partial charge on any atom is 0.410 e. The van der Waals surface area contributed by atoms with E-state index in [1.165, 1.54) is 66.4 Å². The van der Waals surface area contributed by atoms with Crippen molar-refractivity contribution in [1.82, 2.24) is 19.8 Å². The number of benzene rings is 2. The number of likely N-dealkylation sites (tertiary alicyclic amines) is 1. The minimum atomic E-state index is -0.501. The van der Waals surface area contributed by atoms with Crippen molar-refractivity contribution in [2.24, 2.45) is 0 Å². The molecule has 4 aliphatic rings. The fourth-order valence-corrected chi connectivity index (χ4v) is 7.75. The fraction of sp³-hybridized carbons (Fsp3) is 0.625. The molecule has 5 heterocycles. The Morgan fingerprint density at radius 3 is 2.20 bits per heavy atom. The smallest absolute Gasteiger partial charge is 0.410 e. The lowest BCUT2D eigenvalue weighted by atomic mass is 9.96. The second-order valence-electron chi connectivity index (χ2n) is 14.7. The zero-order valence-electron chi connectivity index (χ0n) is 31.4. The number of anilines is 2. The summed E-state index contributed by atoms with van der Waals surface area (Å²) >= 11 is 0. The maximum absolute atomic E-state index is 13.0. The summed E-state index contributed by atoms with van der Waals surface area (Å²) in [7, 11) is 3.81. The molecule has 3 aromatic rings. The Balaban J connectivity index is 0.000000522. The van der Waals surface area contributed by atoms with Crippen LogP contribution in [0, 0.1) is 0 Å². The van der Waals surface area contributed by atoms with Crippen LogP contribution in [0.15, 0.2) is 36.4 Å². The molecule has 9 nitrogen and oxygen atoms in total. The van der Waals surface area contributed by atoms with Crippen LogP contribution in [-0.2, 0) is 24.1 Å². The minimum Gasteiger partial charge on any atom is -0.467 e. The molecule has 268 valence electrons. The van der Waals surface area contributed by atoms with E-state index < -0.39 is 5.60 Å². The van der Waals surface area contributed by atoms with Gasteiger partial charge in [-0.05, 0) is 103 Å². The summed E-state index contributed by atoms with van der Waals surface area (Å²) in [4.78, 5) is 32.0. The molecule has 2 atom stereocenters. The Morgan fingerprint density at radius 1 is 0.939 bits per heavy atom. The molecule has 7 rings (SSSR count). The van der Waals surface area contributed by atoms with Gasteiger partial charge in [0.2, 0.25) is 0 Å². The van der Waals surface area contributed by atoms with Gasteiger partial charge in [-0.25, -0.2) is 4.79 Å². The summed E-state index contributed by atoms with van der Waals surface area (Å²) in [6.45, 7) is 17.8. The van der Waals surface area contributed by atoms with Crippen LogP contribution < -0.4 is 14.5 Å². The maximum atomic E-state index is 13.0. The number of aryl methyl sites for hydroxylation is 1. The Kier molecular flexibility index (Phi) is 12.3. The highest BCUT2D eigenvalue weighted by atomic mass is 16.6. The van der Waals surface area contributed by atoms with E-state index >= 15 is 0 Å². The molecule has 1 amide bonds. The van der Waals surface area contributed by atoms with Crippen LogP contribution in [0.25, 0.3) is 10.8 Å². The summed E-state index contributed by atoms with van der Waals surface area (Å²) in [6, 6.07) is 14.0. The first-order valence-electron chi connectivity index (χ1n) is 18.8. The summed E-state index contributed by atoms with van der Waals surface area (Å²) in [5, 5.41) is 2.66. The number of aromatic nitrogens is 2. The van der Waals surface area contributed by atoms with Crippen LogP contribution in [-0.4, -0.2) is 90.4 Å². The number of nitrogens with zero attached hydrogens (tertiary/aromatic N) is 6. The van der Waals surface area contributed by atoms with Crippen molar-refractivity contribution in [2.75, 3.05) is 56.7 Å². The van der Waals surface area contributed by atoms with Crippen molar-refractivity contribution in [1.29, 1.82) is 0 Å². The number of carbonyl (C=O) groups excluding carboxylic acids is 1. The monoisotopic (exact) mass is 672 g/mol. The number of hydrogen-bond acceptors (Lipinski definition) is 8. The average Bonchev–Trinajstić information content (AvgIpc) is 3.69. The van der Waals surface area contributed by atoms with Crippen LogP contribution in [0.4, 0.5) is 16.3 Å². The normalized spacial score (nSPS) is 20.3. The molecule has 0 saturated carbocycles. The van der Waals surface area contributed by atoms with Crippen molar-refractivity contribution in [3.05, 3.63) is 53.2 Å². The first-order chi connectivity index (χ1) is 23.6. The van der Waals surface area contributed by atoms with Gasteiger partial charge in [0, 0.05) is 36.3 Å². The number of amides is 1. The van der Waals surface area contributed by atoms with Gasteiger partial charge in [0.15, 0.2) is 0 Å². The first kappa shape index (κ1) is 36.7. The van der Waals surface area contributed by atoms with Gasteiger partial charge in [0.25, 0.3) is 0 Å². The number of methoxy groups -OCH3 is 1. The lowest BCUT2D eigenvalue weighted by Gasteiger charge is -2.43. The van der Waals surface area contributed by atoms with E-state index in [9.17, 15) is 4.79 Å². The van der Waals surface area contributed by atoms with Gasteiger partial charge in [-0.1, -0.05) is 57.5 Å². The van der Waals surface area contributed by atoms with Crippen molar-refractivity contribution >= 4 is 28.4 Å². The summed E-state index contributed by atoms with van der Waals surface area (Å²) in [5.41, 5.74) is 4.44. The van der Waals surface area contributed by atoms with Crippen molar-refractivity contribution in [3.63, 3.8) is 0 Å². The molecule has 0 radical (unpaired) electrons. The third-order valence-corrected chi connectivity index (χ3v) is 10.0. The molecule has 0 spiro atoms. The molecule has 0 aliphatic carbocycles. The topological polar surface area (TPSA) is 74.3 Å². The Hall–Kier alpha value is -3.59. The van der Waals surface area contributed by atoms with Crippen LogP contribution in [0.2, 0.25) is 0 Å². The van der Waals surface area contributed by atoms with Gasteiger partial charge in [0.05, 0.1) is 31.4 Å². The number of fused-ring (bicyclic) bond motifs is 4. The third kappa shape index (κ3) is 8.59. The van der Waals surface area contributed by atoms with E-state index in [2.05, 4.69) is 65.1 Å². The summed E-state index contributed by atoms with van der Waals surface area (Å²) in [5.74, 6) is 0.966. The van der Waals surface area contributed by atoms with Gasteiger partial charge >= 0.3 is 12.1 Å². The van der Waals surface area contributed by atoms with Gasteiger partial charge < -0.3 is 24.2 Å². The van der Waals surface area contributed by atoms with Gasteiger partial charge in [-0.3, -0.25) is 4.90 Å². The predicted octanol–water partition coefficient (Wildman–Crippen LogP) is 7.87. The number of carbonyl (C=O) groups is 1. The molecule has 2 aromatic carbocycles. The number of piperazine rings is 1. The Labute approximate surface area is 295 Å². The van der Waals surface area contributed by atoms with E-state index in [0.29, 0.717) is 12.6 Å². The molecular formula is C40H60N6O3. The molecular weight excluding hydrogens is 612 g/mol. The van der Waals surface area contributed by atoms with E-state index in [4.69, 9.17) is 19.4 Å². The van der Waals surface area contributed by atoms with Crippen LogP contribution in [0.5, 0.6) is 6.01 Å². The van der Waals surface area contributed by atoms with Crippen molar-refractivity contribution < 1.29 is 14.3 Å². The number of rotatable bonds is 6. The van der Waals surface area contributed by atoms with Gasteiger partial charge in [-0.2, -0.15) is 9.97 Å². The molecule has 2 unspecified atom stereocenters. The fourth-order valence-electron chi connectivity index (χ4n) is 7.75. The molecule has 2 bridgehead atoms. The summed E-state index contributed by atoms with van der Waals surface area (Å²) < 4.78 is 11.4. The Bertz CT molecular complexity index is 1530. The molecule has 0 N–H and O–H groups in total. The quantitative estimate of drug-likeness (QED) is 0.262. The number of ether oxygens (including phenoxy) is 2. The van der Waals surface area contributed by atoms with E-state index in [0.717, 1.165) is 56.8 Å². The third-order valence-electron chi connectivity index (χ3n) is 10.0. The molecule has 3 saturated heterocycles. The van der Waals surface area contributed by atoms with Gasteiger partial charge in [-0.15, -0.1) is 0 Å². The zero-order chi connectivity index (χ0) is 35.1. The second-order valence-corrected chi connectivity index (χ2v) is 14.7. The van der Waals surface area contributed by atoms with Crippen molar-refractivity contribution in [3.8, 4) is 6.01 Å². The minimum absolute atomic E-state index is 0.123. The number of unbranched alkanes of at least 4 members (excludes halogenated alkanes) is 1. The first-order valence-corrected chi connectivity index (χ1v) is 18.8.